The molecular weight excluding hydrogens is 226 g/mol. The standard InChI is InChI=1S/C14H27N3O/c1-4-6-12-9-14(7-8-18-12)10-16-13(15)17(14)11(3)5-2/h11-12H,4-10H2,1-3H3,(H2,15,16). The van der Waals surface area contributed by atoms with Gasteiger partial charge in [-0.2, -0.15) is 0 Å². The number of ether oxygens (including phenoxy) is 1. The highest BCUT2D eigenvalue weighted by atomic mass is 16.5. The first kappa shape index (κ1) is 13.7. The van der Waals surface area contributed by atoms with Crippen LogP contribution in [0.3, 0.4) is 0 Å². The maximum absolute atomic E-state index is 6.12. The molecule has 4 nitrogen and oxygen atoms in total. The van der Waals surface area contributed by atoms with Gasteiger partial charge in [0, 0.05) is 12.6 Å². The van der Waals surface area contributed by atoms with Crippen LogP contribution in [0.5, 0.6) is 0 Å². The SMILES string of the molecule is CCCC1CC2(CCO1)CN=C(N)N2C(C)CC. The van der Waals surface area contributed by atoms with Gasteiger partial charge < -0.3 is 15.4 Å². The molecule has 1 fully saturated rings. The number of aliphatic imine (C=N–C) groups is 1. The Kier molecular flexibility index (Phi) is 4.15. The third-order valence-electron chi connectivity index (χ3n) is 4.46. The highest BCUT2D eigenvalue weighted by molar-refractivity contribution is 5.81. The van der Waals surface area contributed by atoms with E-state index in [0.717, 1.165) is 44.8 Å². The predicted octanol–water partition coefficient (Wildman–Crippen LogP) is 2.13. The summed E-state index contributed by atoms with van der Waals surface area (Å²) < 4.78 is 5.88. The summed E-state index contributed by atoms with van der Waals surface area (Å²) >= 11 is 0. The Morgan fingerprint density at radius 1 is 1.56 bits per heavy atom. The quantitative estimate of drug-likeness (QED) is 0.835. The van der Waals surface area contributed by atoms with Crippen LogP contribution in [0.1, 0.15) is 52.9 Å². The zero-order valence-electron chi connectivity index (χ0n) is 12.0. The monoisotopic (exact) mass is 253 g/mol. The average Bonchev–Trinajstić information content (AvgIpc) is 2.66. The smallest absolute Gasteiger partial charge is 0.192 e. The zero-order chi connectivity index (χ0) is 13.2. The molecular formula is C14H27N3O. The summed E-state index contributed by atoms with van der Waals surface area (Å²) in [6, 6.07) is 0.469. The third kappa shape index (κ3) is 2.35. The molecule has 3 unspecified atom stereocenters. The van der Waals surface area contributed by atoms with E-state index in [9.17, 15) is 0 Å². The van der Waals surface area contributed by atoms with E-state index >= 15 is 0 Å². The van der Waals surface area contributed by atoms with Gasteiger partial charge in [0.1, 0.15) is 0 Å². The molecule has 2 N–H and O–H groups in total. The Bertz CT molecular complexity index is 316. The van der Waals surface area contributed by atoms with Crippen LogP contribution in [0.15, 0.2) is 4.99 Å². The molecule has 0 aromatic heterocycles. The Hall–Kier alpha value is -0.770. The Morgan fingerprint density at radius 3 is 3.00 bits per heavy atom. The lowest BCUT2D eigenvalue weighted by Gasteiger charge is -2.47. The van der Waals surface area contributed by atoms with Gasteiger partial charge in [0.05, 0.1) is 18.2 Å². The van der Waals surface area contributed by atoms with Crippen LogP contribution in [0, 0.1) is 0 Å². The van der Waals surface area contributed by atoms with Crippen molar-refractivity contribution >= 4 is 5.96 Å². The van der Waals surface area contributed by atoms with Crippen LogP contribution >= 0.6 is 0 Å². The van der Waals surface area contributed by atoms with Crippen molar-refractivity contribution in [1.29, 1.82) is 0 Å². The van der Waals surface area contributed by atoms with Gasteiger partial charge in [-0.25, -0.2) is 0 Å². The summed E-state index contributed by atoms with van der Waals surface area (Å²) in [6.45, 7) is 8.39. The van der Waals surface area contributed by atoms with E-state index in [0.29, 0.717) is 12.1 Å². The molecule has 0 amide bonds. The van der Waals surface area contributed by atoms with Crippen LogP contribution < -0.4 is 5.73 Å². The molecule has 0 bridgehead atoms. The van der Waals surface area contributed by atoms with E-state index in [4.69, 9.17) is 10.5 Å². The molecule has 2 aliphatic heterocycles. The van der Waals surface area contributed by atoms with E-state index in [-0.39, 0.29) is 5.54 Å². The van der Waals surface area contributed by atoms with Crippen molar-refractivity contribution < 1.29 is 4.74 Å². The molecule has 1 saturated heterocycles. The lowest BCUT2D eigenvalue weighted by atomic mass is 9.83. The molecule has 0 aromatic rings. The summed E-state index contributed by atoms with van der Waals surface area (Å²) in [7, 11) is 0. The van der Waals surface area contributed by atoms with Crippen LogP contribution in [0.4, 0.5) is 0 Å². The van der Waals surface area contributed by atoms with Crippen molar-refractivity contribution in [2.75, 3.05) is 13.2 Å². The van der Waals surface area contributed by atoms with Gasteiger partial charge in [-0.05, 0) is 32.6 Å². The molecule has 0 aliphatic carbocycles. The predicted molar refractivity (Wildman–Crippen MR) is 74.7 cm³/mol. The van der Waals surface area contributed by atoms with Crippen molar-refractivity contribution in [2.45, 2.75) is 70.6 Å². The van der Waals surface area contributed by atoms with Gasteiger partial charge in [-0.15, -0.1) is 0 Å². The second-order valence-electron chi connectivity index (χ2n) is 5.76. The molecule has 2 heterocycles. The van der Waals surface area contributed by atoms with E-state index in [2.05, 4.69) is 30.7 Å². The number of nitrogens with zero attached hydrogens (tertiary/aromatic N) is 2. The minimum Gasteiger partial charge on any atom is -0.378 e. The molecule has 0 radical (unpaired) electrons. The van der Waals surface area contributed by atoms with E-state index in [1.807, 2.05) is 0 Å². The highest BCUT2D eigenvalue weighted by Gasteiger charge is 2.47. The average molecular weight is 253 g/mol. The van der Waals surface area contributed by atoms with Crippen molar-refractivity contribution in [3.05, 3.63) is 0 Å². The number of hydrogen-bond acceptors (Lipinski definition) is 4. The summed E-state index contributed by atoms with van der Waals surface area (Å²) in [5, 5.41) is 0. The molecule has 2 rings (SSSR count). The van der Waals surface area contributed by atoms with E-state index in [1.54, 1.807) is 0 Å². The van der Waals surface area contributed by atoms with Crippen LogP contribution in [-0.2, 0) is 4.74 Å². The maximum atomic E-state index is 6.12. The summed E-state index contributed by atoms with van der Waals surface area (Å²) in [5.74, 6) is 0.737. The topological polar surface area (TPSA) is 50.9 Å². The molecule has 4 heteroatoms. The van der Waals surface area contributed by atoms with Crippen molar-refractivity contribution in [3.63, 3.8) is 0 Å². The third-order valence-corrected chi connectivity index (χ3v) is 4.46. The fourth-order valence-corrected chi connectivity index (χ4v) is 3.37. The lowest BCUT2D eigenvalue weighted by molar-refractivity contribution is -0.0574. The van der Waals surface area contributed by atoms with Crippen LogP contribution in [0.25, 0.3) is 0 Å². The second-order valence-corrected chi connectivity index (χ2v) is 5.76. The molecule has 0 saturated carbocycles. The lowest BCUT2D eigenvalue weighted by Crippen LogP contribution is -2.59. The van der Waals surface area contributed by atoms with Crippen LogP contribution in [0.2, 0.25) is 0 Å². The minimum atomic E-state index is 0.137. The van der Waals surface area contributed by atoms with Gasteiger partial charge in [-0.3, -0.25) is 4.99 Å². The first-order valence-electron chi connectivity index (χ1n) is 7.34. The van der Waals surface area contributed by atoms with Gasteiger partial charge >= 0.3 is 0 Å². The van der Waals surface area contributed by atoms with Gasteiger partial charge in [-0.1, -0.05) is 20.3 Å². The molecule has 104 valence electrons. The van der Waals surface area contributed by atoms with Gasteiger partial charge in [0.25, 0.3) is 0 Å². The van der Waals surface area contributed by atoms with E-state index < -0.39 is 0 Å². The number of rotatable bonds is 4. The number of guanidine groups is 1. The summed E-state index contributed by atoms with van der Waals surface area (Å²) in [5.41, 5.74) is 6.25. The molecule has 0 aromatic carbocycles. The molecule has 3 atom stereocenters. The van der Waals surface area contributed by atoms with Crippen molar-refractivity contribution in [3.8, 4) is 0 Å². The van der Waals surface area contributed by atoms with Gasteiger partial charge in [0.2, 0.25) is 0 Å². The highest BCUT2D eigenvalue weighted by Crippen LogP contribution is 2.37. The Morgan fingerprint density at radius 2 is 2.33 bits per heavy atom. The Labute approximate surface area is 111 Å². The normalized spacial score (nSPS) is 33.8. The minimum absolute atomic E-state index is 0.137. The first-order chi connectivity index (χ1) is 8.63. The van der Waals surface area contributed by atoms with Crippen molar-refractivity contribution in [2.24, 2.45) is 10.7 Å². The molecule has 2 aliphatic rings. The summed E-state index contributed by atoms with van der Waals surface area (Å²) in [4.78, 5) is 6.90. The summed E-state index contributed by atoms with van der Waals surface area (Å²) in [6.07, 6.45) is 5.96. The molecule has 18 heavy (non-hydrogen) atoms. The number of nitrogens with two attached hydrogens (primary N) is 1. The fraction of sp³-hybridized carbons (Fsp3) is 0.929. The zero-order valence-corrected chi connectivity index (χ0v) is 12.0. The largest absolute Gasteiger partial charge is 0.378 e. The number of hydrogen-bond donors (Lipinski definition) is 1. The fourth-order valence-electron chi connectivity index (χ4n) is 3.37. The van der Waals surface area contributed by atoms with Crippen molar-refractivity contribution in [1.82, 2.24) is 4.90 Å². The maximum Gasteiger partial charge on any atom is 0.192 e. The van der Waals surface area contributed by atoms with E-state index in [1.165, 1.54) is 6.42 Å². The van der Waals surface area contributed by atoms with Gasteiger partial charge in [0.15, 0.2) is 5.96 Å². The van der Waals surface area contributed by atoms with Crippen LogP contribution in [-0.4, -0.2) is 41.7 Å². The Balaban J connectivity index is 2.14. The molecule has 1 spiro atoms. The first-order valence-corrected chi connectivity index (χ1v) is 7.34. The second kappa shape index (κ2) is 5.47.